The molecule has 5 nitrogen and oxygen atoms in total. The highest BCUT2D eigenvalue weighted by atomic mass is 16.3. The molecule has 0 aromatic carbocycles. The largest absolute Gasteiger partial charge is 0.467 e. The Morgan fingerprint density at radius 2 is 2.05 bits per heavy atom. The van der Waals surface area contributed by atoms with Crippen molar-refractivity contribution in [1.82, 2.24) is 15.1 Å². The molecule has 2 aliphatic rings. The van der Waals surface area contributed by atoms with Gasteiger partial charge in [0.05, 0.1) is 18.8 Å². The molecular weight excluding hydrogens is 278 g/mol. The first-order chi connectivity index (χ1) is 10.7. The van der Waals surface area contributed by atoms with Crippen molar-refractivity contribution in [1.29, 1.82) is 0 Å². The van der Waals surface area contributed by atoms with Gasteiger partial charge in [-0.15, -0.1) is 0 Å². The van der Waals surface area contributed by atoms with E-state index in [9.17, 15) is 4.79 Å². The normalized spacial score (nSPS) is 22.8. The summed E-state index contributed by atoms with van der Waals surface area (Å²) < 4.78 is 5.32. The minimum absolute atomic E-state index is 0.0673. The van der Waals surface area contributed by atoms with Crippen LogP contribution in [0, 0.1) is 0 Å². The SMILES string of the molecule is C[C@@H](NC(=O)CN1CCN(C2CCCC2)CC1)c1ccco1. The van der Waals surface area contributed by atoms with Gasteiger partial charge < -0.3 is 9.73 Å². The van der Waals surface area contributed by atoms with E-state index in [2.05, 4.69) is 15.1 Å². The Morgan fingerprint density at radius 3 is 2.68 bits per heavy atom. The first kappa shape index (κ1) is 15.6. The van der Waals surface area contributed by atoms with E-state index in [0.717, 1.165) is 38.0 Å². The van der Waals surface area contributed by atoms with E-state index in [1.165, 1.54) is 25.7 Å². The molecule has 3 rings (SSSR count). The van der Waals surface area contributed by atoms with Crippen molar-refractivity contribution in [2.24, 2.45) is 0 Å². The van der Waals surface area contributed by atoms with Gasteiger partial charge in [-0.3, -0.25) is 14.6 Å². The van der Waals surface area contributed by atoms with Crippen molar-refractivity contribution >= 4 is 5.91 Å². The predicted molar refractivity (Wildman–Crippen MR) is 85.5 cm³/mol. The van der Waals surface area contributed by atoms with Crippen LogP contribution >= 0.6 is 0 Å². The Hall–Kier alpha value is -1.33. The molecule has 1 saturated carbocycles. The number of hydrogen-bond donors (Lipinski definition) is 1. The molecule has 1 aromatic rings. The zero-order valence-electron chi connectivity index (χ0n) is 13.5. The van der Waals surface area contributed by atoms with Crippen molar-refractivity contribution in [2.45, 2.75) is 44.7 Å². The summed E-state index contributed by atoms with van der Waals surface area (Å²) in [6.45, 7) is 6.65. The standard InChI is InChI=1S/C17H27N3O2/c1-14(16-7-4-12-22-16)18-17(21)13-19-8-10-20(11-9-19)15-5-2-3-6-15/h4,7,12,14-15H,2-3,5-6,8-11,13H2,1H3,(H,18,21)/t14-/m1/s1. The van der Waals surface area contributed by atoms with E-state index < -0.39 is 0 Å². The molecule has 0 unspecified atom stereocenters. The number of piperazine rings is 1. The number of hydrogen-bond acceptors (Lipinski definition) is 4. The molecule has 122 valence electrons. The quantitative estimate of drug-likeness (QED) is 0.904. The van der Waals surface area contributed by atoms with Crippen LogP contribution < -0.4 is 5.32 Å². The van der Waals surface area contributed by atoms with Gasteiger partial charge in [-0.05, 0) is 31.9 Å². The summed E-state index contributed by atoms with van der Waals surface area (Å²) in [5.74, 6) is 0.887. The summed E-state index contributed by atoms with van der Waals surface area (Å²) in [6, 6.07) is 4.48. The Kier molecular flexibility index (Phi) is 5.16. The highest BCUT2D eigenvalue weighted by Gasteiger charge is 2.26. The summed E-state index contributed by atoms with van der Waals surface area (Å²) in [6.07, 6.45) is 7.14. The molecule has 2 heterocycles. The molecular formula is C17H27N3O2. The second kappa shape index (κ2) is 7.29. The minimum Gasteiger partial charge on any atom is -0.467 e. The fourth-order valence-corrected chi connectivity index (χ4v) is 3.66. The monoisotopic (exact) mass is 305 g/mol. The van der Waals surface area contributed by atoms with Crippen LogP contribution in [-0.2, 0) is 4.79 Å². The number of furan rings is 1. The molecule has 1 aliphatic carbocycles. The van der Waals surface area contributed by atoms with Crippen LogP contribution in [-0.4, -0.2) is 54.5 Å². The van der Waals surface area contributed by atoms with Crippen LogP contribution in [0.25, 0.3) is 0 Å². The van der Waals surface area contributed by atoms with Crippen LogP contribution in [0.1, 0.15) is 44.4 Å². The number of nitrogens with zero attached hydrogens (tertiary/aromatic N) is 2. The van der Waals surface area contributed by atoms with Crippen LogP contribution in [0.4, 0.5) is 0 Å². The molecule has 0 bridgehead atoms. The number of nitrogens with one attached hydrogen (secondary N) is 1. The maximum Gasteiger partial charge on any atom is 0.234 e. The van der Waals surface area contributed by atoms with Gasteiger partial charge in [0.15, 0.2) is 0 Å². The van der Waals surface area contributed by atoms with Gasteiger partial charge in [-0.2, -0.15) is 0 Å². The molecule has 0 radical (unpaired) electrons. The van der Waals surface area contributed by atoms with Crippen LogP contribution in [0.5, 0.6) is 0 Å². The molecule has 1 aromatic heterocycles. The number of carbonyl (C=O) groups excluding carboxylic acids is 1. The maximum absolute atomic E-state index is 12.1. The third-order valence-electron chi connectivity index (χ3n) is 4.96. The summed E-state index contributed by atoms with van der Waals surface area (Å²) in [5.41, 5.74) is 0. The van der Waals surface area contributed by atoms with Crippen LogP contribution in [0.3, 0.4) is 0 Å². The second-order valence-corrected chi connectivity index (χ2v) is 6.56. The molecule has 1 aliphatic heterocycles. The van der Waals surface area contributed by atoms with Gasteiger partial charge in [0.2, 0.25) is 5.91 Å². The molecule has 1 atom stereocenters. The van der Waals surface area contributed by atoms with Gasteiger partial charge in [0.25, 0.3) is 0 Å². The van der Waals surface area contributed by atoms with Gasteiger partial charge in [0, 0.05) is 32.2 Å². The minimum atomic E-state index is -0.0673. The zero-order chi connectivity index (χ0) is 15.4. The lowest BCUT2D eigenvalue weighted by molar-refractivity contribution is -0.123. The van der Waals surface area contributed by atoms with Gasteiger partial charge in [0.1, 0.15) is 5.76 Å². The fraction of sp³-hybridized carbons (Fsp3) is 0.706. The third kappa shape index (κ3) is 3.90. The lowest BCUT2D eigenvalue weighted by Crippen LogP contribution is -2.51. The van der Waals surface area contributed by atoms with Crippen molar-refractivity contribution in [3.05, 3.63) is 24.2 Å². The summed E-state index contributed by atoms with van der Waals surface area (Å²) in [4.78, 5) is 17.0. The van der Waals surface area contributed by atoms with Gasteiger partial charge in [-0.25, -0.2) is 0 Å². The van der Waals surface area contributed by atoms with E-state index >= 15 is 0 Å². The molecule has 1 amide bonds. The van der Waals surface area contributed by atoms with Crippen molar-refractivity contribution in [3.63, 3.8) is 0 Å². The highest BCUT2D eigenvalue weighted by Crippen LogP contribution is 2.24. The van der Waals surface area contributed by atoms with E-state index in [1.54, 1.807) is 6.26 Å². The van der Waals surface area contributed by atoms with Crippen LogP contribution in [0.2, 0.25) is 0 Å². The first-order valence-electron chi connectivity index (χ1n) is 8.51. The highest BCUT2D eigenvalue weighted by molar-refractivity contribution is 5.78. The Balaban J connectivity index is 1.39. The Bertz CT molecular complexity index is 460. The van der Waals surface area contributed by atoms with Crippen LogP contribution in [0.15, 0.2) is 22.8 Å². The third-order valence-corrected chi connectivity index (χ3v) is 4.96. The number of carbonyl (C=O) groups is 1. The average molecular weight is 305 g/mol. The number of rotatable bonds is 5. The van der Waals surface area contributed by atoms with E-state index in [0.29, 0.717) is 6.54 Å². The van der Waals surface area contributed by atoms with E-state index in [4.69, 9.17) is 4.42 Å². The second-order valence-electron chi connectivity index (χ2n) is 6.56. The van der Waals surface area contributed by atoms with Gasteiger partial charge >= 0.3 is 0 Å². The summed E-state index contributed by atoms with van der Waals surface area (Å²) in [5, 5.41) is 3.01. The van der Waals surface area contributed by atoms with Crippen molar-refractivity contribution in [3.8, 4) is 0 Å². The summed E-state index contributed by atoms with van der Waals surface area (Å²) >= 11 is 0. The number of amides is 1. The zero-order valence-corrected chi connectivity index (χ0v) is 13.5. The van der Waals surface area contributed by atoms with Crippen molar-refractivity contribution in [2.75, 3.05) is 32.7 Å². The topological polar surface area (TPSA) is 48.7 Å². The molecule has 0 spiro atoms. The van der Waals surface area contributed by atoms with E-state index in [1.807, 2.05) is 19.1 Å². The van der Waals surface area contributed by atoms with Gasteiger partial charge in [-0.1, -0.05) is 12.8 Å². The smallest absolute Gasteiger partial charge is 0.234 e. The lowest BCUT2D eigenvalue weighted by Gasteiger charge is -2.37. The molecule has 1 saturated heterocycles. The molecule has 22 heavy (non-hydrogen) atoms. The molecule has 5 heteroatoms. The fourth-order valence-electron chi connectivity index (χ4n) is 3.66. The lowest BCUT2D eigenvalue weighted by atomic mass is 10.2. The first-order valence-corrected chi connectivity index (χ1v) is 8.51. The Labute approximate surface area is 132 Å². The predicted octanol–water partition coefficient (Wildman–Crippen LogP) is 2.02. The average Bonchev–Trinajstić information content (AvgIpc) is 3.21. The molecule has 2 fully saturated rings. The van der Waals surface area contributed by atoms with E-state index in [-0.39, 0.29) is 11.9 Å². The maximum atomic E-state index is 12.1. The summed E-state index contributed by atoms with van der Waals surface area (Å²) in [7, 11) is 0. The molecule has 1 N–H and O–H groups in total. The Morgan fingerprint density at radius 1 is 1.32 bits per heavy atom. The van der Waals surface area contributed by atoms with Crippen molar-refractivity contribution < 1.29 is 9.21 Å².